The minimum Gasteiger partial charge on any atom is -0.493 e. The summed E-state index contributed by atoms with van der Waals surface area (Å²) in [5.41, 5.74) is 3.81. The smallest absolute Gasteiger partial charge is 0.127 e. The molecule has 0 unspecified atom stereocenters. The average Bonchev–Trinajstić information content (AvgIpc) is 2.51. The molecule has 1 saturated heterocycles. The number of piperazine rings is 1. The highest BCUT2D eigenvalue weighted by Crippen LogP contribution is 2.25. The van der Waals surface area contributed by atoms with Crippen LogP contribution in [-0.4, -0.2) is 46.4 Å². The van der Waals surface area contributed by atoms with E-state index in [2.05, 4.69) is 39.6 Å². The van der Waals surface area contributed by atoms with Gasteiger partial charge in [-0.3, -0.25) is 0 Å². The number of likely N-dealkylation sites (N-methyl/N-ethyl adjacent to an activating group) is 1. The molecule has 1 fully saturated rings. The van der Waals surface area contributed by atoms with Gasteiger partial charge in [-0.2, -0.15) is 0 Å². The molecule has 2 N–H and O–H groups in total. The molecule has 0 bridgehead atoms. The topological polar surface area (TPSA) is 18.1 Å². The molecule has 1 aromatic rings. The number of nitrogens with one attached hydrogen (secondary N) is 2. The average molecular weight is 319 g/mol. The number of hydrogen-bond donors (Lipinski definition) is 2. The maximum absolute atomic E-state index is 6.07. The minimum absolute atomic E-state index is 0.834. The molecule has 3 nitrogen and oxygen atoms in total. The summed E-state index contributed by atoms with van der Waals surface area (Å²) in [7, 11) is 2.30. The Morgan fingerprint density at radius 3 is 2.35 bits per heavy atom. The first kappa shape index (κ1) is 18.0. The summed E-state index contributed by atoms with van der Waals surface area (Å²) in [5, 5.41) is 0. The molecule has 1 aromatic carbocycles. The molecule has 0 radical (unpaired) electrons. The van der Waals surface area contributed by atoms with E-state index in [0.29, 0.717) is 0 Å². The van der Waals surface area contributed by atoms with Gasteiger partial charge in [-0.05, 0) is 49.8 Å². The van der Waals surface area contributed by atoms with Crippen molar-refractivity contribution in [1.29, 1.82) is 0 Å². The van der Waals surface area contributed by atoms with E-state index >= 15 is 0 Å². The molecular weight excluding hydrogens is 284 g/mol. The number of rotatable bonds is 8. The van der Waals surface area contributed by atoms with Crippen LogP contribution in [0.5, 0.6) is 5.75 Å². The molecule has 1 aliphatic rings. The summed E-state index contributed by atoms with van der Waals surface area (Å²) < 4.78 is 6.07. The van der Waals surface area contributed by atoms with Crippen molar-refractivity contribution in [2.24, 2.45) is 0 Å². The molecule has 0 saturated carbocycles. The van der Waals surface area contributed by atoms with Gasteiger partial charge in [0.05, 0.1) is 20.2 Å². The SMILES string of the molecule is C=CCc1cc(C)c(OCCCC[NH+]2CC[NH+](C)CC2)c(C)c1. The van der Waals surface area contributed by atoms with Crippen molar-refractivity contribution < 1.29 is 14.5 Å². The Morgan fingerprint density at radius 1 is 1.09 bits per heavy atom. The summed E-state index contributed by atoms with van der Waals surface area (Å²) >= 11 is 0. The van der Waals surface area contributed by atoms with Crippen molar-refractivity contribution in [3.63, 3.8) is 0 Å². The zero-order valence-electron chi connectivity index (χ0n) is 15.2. The first-order valence-electron chi connectivity index (χ1n) is 9.09. The van der Waals surface area contributed by atoms with Gasteiger partial charge in [0.15, 0.2) is 0 Å². The number of allylic oxidation sites excluding steroid dienone is 1. The van der Waals surface area contributed by atoms with Crippen LogP contribution in [0.2, 0.25) is 0 Å². The lowest BCUT2D eigenvalue weighted by atomic mass is 10.0. The molecule has 0 spiro atoms. The van der Waals surface area contributed by atoms with Crippen LogP contribution in [0.25, 0.3) is 0 Å². The first-order valence-corrected chi connectivity index (χ1v) is 9.09. The predicted octanol–water partition coefficient (Wildman–Crippen LogP) is 0.604. The van der Waals surface area contributed by atoms with Crippen molar-refractivity contribution in [3.8, 4) is 5.75 Å². The van der Waals surface area contributed by atoms with Crippen molar-refractivity contribution in [1.82, 2.24) is 0 Å². The number of unbranched alkanes of at least 4 members (excludes halogenated alkanes) is 1. The van der Waals surface area contributed by atoms with Crippen molar-refractivity contribution in [2.75, 3.05) is 46.4 Å². The Kier molecular flexibility index (Phi) is 7.13. The number of benzene rings is 1. The summed E-state index contributed by atoms with van der Waals surface area (Å²) in [6.07, 6.45) is 5.30. The van der Waals surface area contributed by atoms with Crippen LogP contribution in [-0.2, 0) is 6.42 Å². The third-order valence-corrected chi connectivity index (χ3v) is 4.88. The lowest BCUT2D eigenvalue weighted by Crippen LogP contribution is -3.27. The lowest BCUT2D eigenvalue weighted by Gasteiger charge is -2.27. The normalized spacial score (nSPS) is 21.2. The molecule has 0 amide bonds. The second-order valence-electron chi connectivity index (χ2n) is 7.06. The Hall–Kier alpha value is -1.32. The van der Waals surface area contributed by atoms with Crippen molar-refractivity contribution >= 4 is 0 Å². The quantitative estimate of drug-likeness (QED) is 0.531. The Morgan fingerprint density at radius 2 is 1.74 bits per heavy atom. The largest absolute Gasteiger partial charge is 0.493 e. The Bertz CT molecular complexity index is 481. The van der Waals surface area contributed by atoms with E-state index in [9.17, 15) is 0 Å². The van der Waals surface area contributed by atoms with Gasteiger partial charge >= 0.3 is 0 Å². The molecular formula is C20H34N2O+2. The molecule has 0 aromatic heterocycles. The van der Waals surface area contributed by atoms with Gasteiger partial charge in [0.25, 0.3) is 0 Å². The molecule has 1 aliphatic heterocycles. The van der Waals surface area contributed by atoms with Crippen LogP contribution in [0.15, 0.2) is 24.8 Å². The molecule has 128 valence electrons. The highest BCUT2D eigenvalue weighted by atomic mass is 16.5. The summed E-state index contributed by atoms with van der Waals surface area (Å²) in [4.78, 5) is 3.46. The molecule has 0 aliphatic carbocycles. The van der Waals surface area contributed by atoms with Crippen LogP contribution in [0, 0.1) is 13.8 Å². The van der Waals surface area contributed by atoms with Gasteiger partial charge in [-0.15, -0.1) is 6.58 Å². The first-order chi connectivity index (χ1) is 11.1. The highest BCUT2D eigenvalue weighted by Gasteiger charge is 2.18. The van der Waals surface area contributed by atoms with E-state index in [1.165, 1.54) is 55.8 Å². The summed E-state index contributed by atoms with van der Waals surface area (Å²) in [6, 6.07) is 4.45. The van der Waals surface area contributed by atoms with Gasteiger partial charge in [0.1, 0.15) is 31.9 Å². The van der Waals surface area contributed by atoms with E-state index in [0.717, 1.165) is 25.2 Å². The third kappa shape index (κ3) is 5.67. The minimum atomic E-state index is 0.834. The van der Waals surface area contributed by atoms with Gasteiger partial charge < -0.3 is 14.5 Å². The van der Waals surface area contributed by atoms with Gasteiger partial charge in [-0.1, -0.05) is 18.2 Å². The second-order valence-corrected chi connectivity index (χ2v) is 7.06. The number of aryl methyl sites for hydroxylation is 2. The molecule has 2 rings (SSSR count). The van der Waals surface area contributed by atoms with Crippen LogP contribution in [0.3, 0.4) is 0 Å². The monoisotopic (exact) mass is 318 g/mol. The molecule has 23 heavy (non-hydrogen) atoms. The molecule has 0 atom stereocenters. The van der Waals surface area contributed by atoms with Crippen LogP contribution in [0.4, 0.5) is 0 Å². The van der Waals surface area contributed by atoms with Crippen LogP contribution in [0.1, 0.15) is 29.5 Å². The zero-order valence-corrected chi connectivity index (χ0v) is 15.2. The Balaban J connectivity index is 1.71. The fraction of sp³-hybridized carbons (Fsp3) is 0.600. The van der Waals surface area contributed by atoms with E-state index in [1.54, 1.807) is 9.80 Å². The van der Waals surface area contributed by atoms with E-state index in [1.807, 2.05) is 6.08 Å². The standard InChI is InChI=1S/C20H32N2O/c1-5-8-19-15-17(2)20(18(3)16-19)23-14-7-6-9-22-12-10-21(4)11-13-22/h5,15-16H,1,6-14H2,2-4H3/p+2. The Labute approximate surface area is 141 Å². The molecule has 3 heteroatoms. The van der Waals surface area contributed by atoms with Crippen LogP contribution < -0.4 is 14.5 Å². The van der Waals surface area contributed by atoms with Crippen LogP contribution >= 0.6 is 0 Å². The van der Waals surface area contributed by atoms with Crippen molar-refractivity contribution in [3.05, 3.63) is 41.5 Å². The van der Waals surface area contributed by atoms with E-state index in [-0.39, 0.29) is 0 Å². The number of hydrogen-bond acceptors (Lipinski definition) is 1. The van der Waals surface area contributed by atoms with Gasteiger partial charge in [0.2, 0.25) is 0 Å². The van der Waals surface area contributed by atoms with E-state index < -0.39 is 0 Å². The maximum atomic E-state index is 6.07. The zero-order chi connectivity index (χ0) is 16.7. The lowest BCUT2D eigenvalue weighted by molar-refractivity contribution is -1.00. The maximum Gasteiger partial charge on any atom is 0.127 e. The van der Waals surface area contributed by atoms with Gasteiger partial charge in [-0.25, -0.2) is 0 Å². The predicted molar refractivity (Wildman–Crippen MR) is 96.7 cm³/mol. The third-order valence-electron chi connectivity index (χ3n) is 4.88. The van der Waals surface area contributed by atoms with Crippen molar-refractivity contribution in [2.45, 2.75) is 33.1 Å². The van der Waals surface area contributed by atoms with E-state index in [4.69, 9.17) is 4.74 Å². The van der Waals surface area contributed by atoms with Gasteiger partial charge in [0, 0.05) is 0 Å². The summed E-state index contributed by atoms with van der Waals surface area (Å²) in [5.74, 6) is 1.08. The highest BCUT2D eigenvalue weighted by molar-refractivity contribution is 5.43. The fourth-order valence-corrected chi connectivity index (χ4v) is 3.48. The fourth-order valence-electron chi connectivity index (χ4n) is 3.48. The number of ether oxygens (including phenoxy) is 1. The number of quaternary nitrogens is 2. The molecule has 1 heterocycles. The summed E-state index contributed by atoms with van der Waals surface area (Å²) in [6.45, 7) is 15.5. The second kappa shape index (κ2) is 9.09.